The average molecular weight is 659 g/mol. The van der Waals surface area contributed by atoms with Crippen molar-refractivity contribution in [2.45, 2.75) is 37.9 Å². The minimum Gasteiger partial charge on any atom is -0.495 e. The van der Waals surface area contributed by atoms with Crippen LogP contribution in [0.3, 0.4) is 0 Å². The van der Waals surface area contributed by atoms with E-state index in [4.69, 9.17) is 9.47 Å². The van der Waals surface area contributed by atoms with Gasteiger partial charge in [0.2, 0.25) is 0 Å². The molecule has 1 aromatic heterocycles. The van der Waals surface area contributed by atoms with Gasteiger partial charge in [0, 0.05) is 28.9 Å². The number of likely N-dealkylation sites (tertiary alicyclic amines) is 1. The predicted octanol–water partition coefficient (Wildman–Crippen LogP) is 5.73. The number of nitrogens with zero attached hydrogens (tertiary/aromatic N) is 5. The van der Waals surface area contributed by atoms with Crippen molar-refractivity contribution < 1.29 is 37.0 Å². The van der Waals surface area contributed by atoms with Crippen molar-refractivity contribution in [2.75, 3.05) is 30.5 Å². The summed E-state index contributed by atoms with van der Waals surface area (Å²) in [5.74, 6) is -5.02. The summed E-state index contributed by atoms with van der Waals surface area (Å²) in [5.41, 5.74) is -0.152. The normalized spacial score (nSPS) is 18.5. The van der Waals surface area contributed by atoms with E-state index in [0.717, 1.165) is 24.3 Å². The minimum atomic E-state index is -3.45. The van der Waals surface area contributed by atoms with E-state index in [1.807, 2.05) is 6.07 Å². The van der Waals surface area contributed by atoms with Gasteiger partial charge in [-0.1, -0.05) is 12.1 Å². The summed E-state index contributed by atoms with van der Waals surface area (Å²) in [7, 11) is 1.40. The number of nitriles is 1. The van der Waals surface area contributed by atoms with Crippen molar-refractivity contribution in [1.29, 1.82) is 5.26 Å². The molecule has 3 aromatic carbocycles. The number of rotatable bonds is 7. The minimum absolute atomic E-state index is 0.0113. The van der Waals surface area contributed by atoms with Gasteiger partial charge in [-0.05, 0) is 68.4 Å². The third-order valence-electron chi connectivity index (χ3n) is 8.64. The summed E-state index contributed by atoms with van der Waals surface area (Å²) in [6, 6.07) is 13.5. The van der Waals surface area contributed by atoms with E-state index in [1.165, 1.54) is 70.3 Å². The van der Waals surface area contributed by atoms with E-state index in [9.17, 15) is 24.0 Å². The Hall–Kier alpha value is -5.84. The number of ether oxygens (including phenoxy) is 2. The Morgan fingerprint density at radius 2 is 1.75 bits per heavy atom. The first-order valence-electron chi connectivity index (χ1n) is 15.0. The smallest absolute Gasteiger partial charge is 0.410 e. The lowest BCUT2D eigenvalue weighted by atomic mass is 9.97. The van der Waals surface area contributed by atoms with Crippen LogP contribution >= 0.6 is 0 Å². The predicted molar refractivity (Wildman–Crippen MR) is 167 cm³/mol. The van der Waals surface area contributed by atoms with Gasteiger partial charge in [-0.25, -0.2) is 9.18 Å². The van der Waals surface area contributed by atoms with Crippen LogP contribution in [0.1, 0.15) is 57.4 Å². The second-order valence-corrected chi connectivity index (χ2v) is 11.3. The van der Waals surface area contributed by atoms with Crippen LogP contribution in [0.15, 0.2) is 72.9 Å². The highest BCUT2D eigenvalue weighted by Gasteiger charge is 2.53. The van der Waals surface area contributed by atoms with Gasteiger partial charge in [0.15, 0.2) is 5.69 Å². The maximum atomic E-state index is 15.4. The van der Waals surface area contributed by atoms with Crippen LogP contribution in [0.2, 0.25) is 0 Å². The molecule has 0 spiro atoms. The summed E-state index contributed by atoms with van der Waals surface area (Å²) >= 11 is 0. The van der Waals surface area contributed by atoms with Crippen molar-refractivity contribution in [3.63, 3.8) is 0 Å². The van der Waals surface area contributed by atoms with Crippen LogP contribution in [0.5, 0.6) is 5.75 Å². The molecule has 11 nitrogen and oxygen atoms in total. The summed E-state index contributed by atoms with van der Waals surface area (Å²) in [6.45, 7) is 3.67. The molecule has 0 bridgehead atoms. The largest absolute Gasteiger partial charge is 0.495 e. The van der Waals surface area contributed by atoms with Crippen LogP contribution in [-0.2, 0) is 10.7 Å². The van der Waals surface area contributed by atoms with Gasteiger partial charge in [0.05, 0.1) is 49.3 Å². The Morgan fingerprint density at radius 3 is 2.38 bits per heavy atom. The molecule has 246 valence electrons. The summed E-state index contributed by atoms with van der Waals surface area (Å²) in [4.78, 5) is 43.5. The average Bonchev–Trinajstić information content (AvgIpc) is 3.66. The lowest BCUT2D eigenvalue weighted by Gasteiger charge is -2.39. The van der Waals surface area contributed by atoms with Crippen molar-refractivity contribution in [3.05, 3.63) is 107 Å². The molecule has 0 aliphatic carbocycles. The topological polar surface area (TPSA) is 130 Å². The standard InChI is InChI=1S/C34H29F3N6O5/c1-4-48-33(46)41-18-27-29(19(41)2)42(25-12-8-23(9-13-25)34(36,37)22-6-10-24(35)11-7-22)32(45)30-26(17-39-43(27)30)40-31(44)20-5-14-28(47-3)21(15-20)16-38/h5-15,17,19,27,29H,4,18H2,1-3H3,(H,40,44)/t19?,27-,29-/m0/s1. The molecule has 3 amide bonds. The highest BCUT2D eigenvalue weighted by atomic mass is 19.3. The second kappa shape index (κ2) is 12.4. The molecule has 4 aromatic rings. The number of methoxy groups -OCH3 is 1. The molecule has 3 heterocycles. The number of aromatic nitrogens is 2. The zero-order chi connectivity index (χ0) is 34.3. The molecule has 0 radical (unpaired) electrons. The van der Waals surface area contributed by atoms with E-state index in [2.05, 4.69) is 10.4 Å². The second-order valence-electron chi connectivity index (χ2n) is 11.3. The van der Waals surface area contributed by atoms with Crippen LogP contribution in [0.4, 0.5) is 29.3 Å². The molecule has 2 aliphatic rings. The number of anilines is 2. The van der Waals surface area contributed by atoms with E-state index in [0.29, 0.717) is 0 Å². The van der Waals surface area contributed by atoms with Gasteiger partial charge in [-0.2, -0.15) is 19.1 Å². The molecule has 1 unspecified atom stereocenters. The first-order valence-corrected chi connectivity index (χ1v) is 15.0. The highest BCUT2D eigenvalue weighted by Crippen LogP contribution is 2.43. The van der Waals surface area contributed by atoms with Crippen molar-refractivity contribution in [1.82, 2.24) is 14.7 Å². The Labute approximate surface area is 273 Å². The zero-order valence-electron chi connectivity index (χ0n) is 26.0. The molecule has 14 heteroatoms. The van der Waals surface area contributed by atoms with E-state index < -0.39 is 53.3 Å². The molecule has 2 aliphatic heterocycles. The fourth-order valence-electron chi connectivity index (χ4n) is 6.28. The number of hydrogen-bond donors (Lipinski definition) is 1. The number of hydrogen-bond acceptors (Lipinski definition) is 7. The monoisotopic (exact) mass is 658 g/mol. The first kappa shape index (κ1) is 32.1. The third-order valence-corrected chi connectivity index (χ3v) is 8.64. The first-order chi connectivity index (χ1) is 23.0. The third kappa shape index (κ3) is 5.36. The molecule has 1 fully saturated rings. The van der Waals surface area contributed by atoms with Crippen LogP contribution in [0, 0.1) is 17.1 Å². The molecule has 48 heavy (non-hydrogen) atoms. The molecule has 6 rings (SSSR count). The maximum Gasteiger partial charge on any atom is 0.410 e. The zero-order valence-corrected chi connectivity index (χ0v) is 26.0. The van der Waals surface area contributed by atoms with Gasteiger partial charge in [0.25, 0.3) is 17.7 Å². The lowest BCUT2D eigenvalue weighted by molar-refractivity contribution is 0.0428. The van der Waals surface area contributed by atoms with E-state index in [1.54, 1.807) is 13.8 Å². The van der Waals surface area contributed by atoms with Gasteiger partial charge < -0.3 is 19.7 Å². The van der Waals surface area contributed by atoms with Gasteiger partial charge in [0.1, 0.15) is 17.6 Å². The van der Waals surface area contributed by atoms with Gasteiger partial charge >= 0.3 is 6.09 Å². The quantitative estimate of drug-likeness (QED) is 0.269. The number of carbonyl (C=O) groups is 3. The Kier molecular flexibility index (Phi) is 8.30. The van der Waals surface area contributed by atoms with E-state index in [-0.39, 0.29) is 52.7 Å². The number of halogens is 3. The molecular weight excluding hydrogens is 629 g/mol. The van der Waals surface area contributed by atoms with Crippen LogP contribution in [0.25, 0.3) is 0 Å². The number of amides is 3. The fourth-order valence-corrected chi connectivity index (χ4v) is 6.28. The summed E-state index contributed by atoms with van der Waals surface area (Å²) < 4.78 is 56.0. The Morgan fingerprint density at radius 1 is 1.08 bits per heavy atom. The van der Waals surface area contributed by atoms with Crippen LogP contribution < -0.4 is 15.0 Å². The number of carbonyl (C=O) groups excluding carboxylic acids is 3. The van der Waals surface area contributed by atoms with Crippen molar-refractivity contribution in [3.8, 4) is 11.8 Å². The van der Waals surface area contributed by atoms with Gasteiger partial charge in [-0.15, -0.1) is 0 Å². The highest BCUT2D eigenvalue weighted by molar-refractivity contribution is 6.13. The number of fused-ring (bicyclic) bond motifs is 3. The van der Waals surface area contributed by atoms with Crippen molar-refractivity contribution >= 4 is 29.3 Å². The molecule has 0 saturated carbocycles. The Bertz CT molecular complexity index is 1940. The fraction of sp³-hybridized carbons (Fsp3) is 0.265. The lowest BCUT2D eigenvalue weighted by Crippen LogP contribution is -2.54. The van der Waals surface area contributed by atoms with Crippen molar-refractivity contribution in [2.24, 2.45) is 0 Å². The molecule has 1 saturated heterocycles. The molecular formula is C34H29F3N6O5. The molecule has 3 atom stereocenters. The van der Waals surface area contributed by atoms with Gasteiger partial charge in [-0.3, -0.25) is 19.2 Å². The number of benzene rings is 3. The SMILES string of the molecule is CCOC(=O)N1C[C@H]2[C@H](C1C)N(c1ccc(C(F)(F)c3ccc(F)cc3)cc1)C(=O)c1c(NC(=O)c3ccc(OC)c(C#N)c3)cnn12. The Balaban J connectivity index is 1.38. The molecule has 1 N–H and O–H groups in total. The van der Waals surface area contributed by atoms with Crippen LogP contribution in [-0.4, -0.2) is 64.9 Å². The number of nitrogens with one attached hydrogen (secondary N) is 1. The summed E-state index contributed by atoms with van der Waals surface area (Å²) in [5, 5.41) is 16.6. The number of alkyl halides is 2. The summed E-state index contributed by atoms with van der Waals surface area (Å²) in [6.07, 6.45) is 0.737. The van der Waals surface area contributed by atoms with E-state index >= 15 is 8.78 Å². The maximum absolute atomic E-state index is 15.4.